The second kappa shape index (κ2) is 6.56. The Hall–Kier alpha value is -1.56. The fourth-order valence-electron chi connectivity index (χ4n) is 3.05. The van der Waals surface area contributed by atoms with Crippen molar-refractivity contribution in [3.63, 3.8) is 0 Å². The minimum atomic E-state index is 0.680. The summed E-state index contributed by atoms with van der Waals surface area (Å²) in [7, 11) is 0. The van der Waals surface area contributed by atoms with E-state index in [0.717, 1.165) is 29.8 Å². The van der Waals surface area contributed by atoms with Crippen molar-refractivity contribution in [2.45, 2.75) is 46.0 Å². The second-order valence-electron chi connectivity index (χ2n) is 5.82. The summed E-state index contributed by atoms with van der Waals surface area (Å²) in [4.78, 5) is 4.27. The van der Waals surface area contributed by atoms with Crippen LogP contribution in [0.4, 0.5) is 5.82 Å². The third-order valence-corrected chi connectivity index (χ3v) is 4.16. The minimum Gasteiger partial charge on any atom is -0.369 e. The van der Waals surface area contributed by atoms with E-state index < -0.39 is 0 Å². The van der Waals surface area contributed by atoms with Gasteiger partial charge in [-0.3, -0.25) is 0 Å². The van der Waals surface area contributed by atoms with Crippen LogP contribution in [0.5, 0.6) is 0 Å². The van der Waals surface area contributed by atoms with Gasteiger partial charge in [-0.1, -0.05) is 26.2 Å². The highest BCUT2D eigenvalue weighted by molar-refractivity contribution is 5.55. The molecule has 102 valence electrons. The van der Waals surface area contributed by atoms with E-state index in [1.807, 2.05) is 13.0 Å². The molecule has 1 aromatic heterocycles. The number of nitrogens with zero attached hydrogens (tertiary/aromatic N) is 2. The molecule has 0 amide bonds. The van der Waals surface area contributed by atoms with Gasteiger partial charge in [0.15, 0.2) is 0 Å². The van der Waals surface area contributed by atoms with Gasteiger partial charge in [-0.05, 0) is 43.2 Å². The van der Waals surface area contributed by atoms with Crippen molar-refractivity contribution in [3.8, 4) is 6.07 Å². The number of hydrogen-bond acceptors (Lipinski definition) is 3. The molecule has 3 heteroatoms. The van der Waals surface area contributed by atoms with Crippen molar-refractivity contribution < 1.29 is 0 Å². The first-order chi connectivity index (χ1) is 9.20. The third-order valence-electron chi connectivity index (χ3n) is 4.16. The first-order valence-corrected chi connectivity index (χ1v) is 7.30. The lowest BCUT2D eigenvalue weighted by molar-refractivity contribution is 0.274. The normalized spacial score (nSPS) is 22.8. The van der Waals surface area contributed by atoms with Crippen LogP contribution in [-0.4, -0.2) is 11.5 Å². The summed E-state index contributed by atoms with van der Waals surface area (Å²) < 4.78 is 0. The predicted molar refractivity (Wildman–Crippen MR) is 77.9 cm³/mol. The number of anilines is 1. The highest BCUT2D eigenvalue weighted by Gasteiger charge is 2.18. The van der Waals surface area contributed by atoms with E-state index >= 15 is 0 Å². The van der Waals surface area contributed by atoms with Gasteiger partial charge in [0.05, 0.1) is 5.56 Å². The Bertz CT molecular complexity index is 462. The van der Waals surface area contributed by atoms with Crippen LogP contribution in [0.1, 0.15) is 50.2 Å². The van der Waals surface area contributed by atoms with Crippen LogP contribution in [0.3, 0.4) is 0 Å². The molecule has 0 saturated heterocycles. The smallest absolute Gasteiger partial charge is 0.144 e. The van der Waals surface area contributed by atoms with Gasteiger partial charge in [0, 0.05) is 12.7 Å². The van der Waals surface area contributed by atoms with Crippen molar-refractivity contribution in [2.24, 2.45) is 11.8 Å². The number of nitrogens with one attached hydrogen (secondary N) is 1. The van der Waals surface area contributed by atoms with Gasteiger partial charge in [-0.25, -0.2) is 4.98 Å². The number of nitriles is 1. The first kappa shape index (κ1) is 13.9. The maximum Gasteiger partial charge on any atom is 0.144 e. The number of rotatable bonds is 4. The Labute approximate surface area is 116 Å². The van der Waals surface area contributed by atoms with Gasteiger partial charge >= 0.3 is 0 Å². The average molecular weight is 257 g/mol. The highest BCUT2D eigenvalue weighted by atomic mass is 15.0. The fourth-order valence-corrected chi connectivity index (χ4v) is 3.05. The predicted octanol–water partition coefficient (Wildman–Crippen LogP) is 3.89. The van der Waals surface area contributed by atoms with E-state index in [0.29, 0.717) is 5.56 Å². The lowest BCUT2D eigenvalue weighted by Crippen LogP contribution is -2.17. The van der Waals surface area contributed by atoms with Gasteiger partial charge in [-0.15, -0.1) is 0 Å². The third kappa shape index (κ3) is 3.70. The molecule has 3 nitrogen and oxygen atoms in total. The molecule has 0 aliphatic heterocycles. The van der Waals surface area contributed by atoms with E-state index in [2.05, 4.69) is 23.3 Å². The molecule has 19 heavy (non-hydrogen) atoms. The zero-order chi connectivity index (χ0) is 13.7. The number of pyridine rings is 1. The Kier molecular flexibility index (Phi) is 4.79. The SMILES string of the molecule is Cc1ccnc(NCCC2CCCC(C)C2)c1C#N. The van der Waals surface area contributed by atoms with Crippen molar-refractivity contribution in [1.29, 1.82) is 5.26 Å². The molecule has 2 rings (SSSR count). The Morgan fingerprint density at radius 2 is 2.32 bits per heavy atom. The van der Waals surface area contributed by atoms with Crippen LogP contribution >= 0.6 is 0 Å². The van der Waals surface area contributed by atoms with Crippen LogP contribution in [-0.2, 0) is 0 Å². The largest absolute Gasteiger partial charge is 0.369 e. The number of aromatic nitrogens is 1. The van der Waals surface area contributed by atoms with Crippen LogP contribution < -0.4 is 5.32 Å². The molecule has 1 aliphatic carbocycles. The van der Waals surface area contributed by atoms with Gasteiger partial charge in [0.25, 0.3) is 0 Å². The molecule has 1 saturated carbocycles. The monoisotopic (exact) mass is 257 g/mol. The van der Waals surface area contributed by atoms with Crippen molar-refractivity contribution in [1.82, 2.24) is 4.98 Å². The van der Waals surface area contributed by atoms with Gasteiger partial charge in [0.2, 0.25) is 0 Å². The molecule has 2 unspecified atom stereocenters. The Morgan fingerprint density at radius 1 is 1.47 bits per heavy atom. The van der Waals surface area contributed by atoms with Crippen LogP contribution in [0.25, 0.3) is 0 Å². The lowest BCUT2D eigenvalue weighted by atomic mass is 9.81. The van der Waals surface area contributed by atoms with Gasteiger partial charge in [0.1, 0.15) is 11.9 Å². The average Bonchev–Trinajstić information content (AvgIpc) is 2.39. The molecule has 1 aliphatic rings. The second-order valence-corrected chi connectivity index (χ2v) is 5.82. The van der Waals surface area contributed by atoms with Crippen molar-refractivity contribution >= 4 is 5.82 Å². The van der Waals surface area contributed by atoms with E-state index in [-0.39, 0.29) is 0 Å². The summed E-state index contributed by atoms with van der Waals surface area (Å²) in [5.74, 6) is 2.46. The van der Waals surface area contributed by atoms with Crippen molar-refractivity contribution in [3.05, 3.63) is 23.4 Å². The minimum absolute atomic E-state index is 0.680. The summed E-state index contributed by atoms with van der Waals surface area (Å²) in [6.45, 7) is 5.23. The Morgan fingerprint density at radius 3 is 3.05 bits per heavy atom. The first-order valence-electron chi connectivity index (χ1n) is 7.30. The van der Waals surface area contributed by atoms with E-state index in [1.54, 1.807) is 6.20 Å². The maximum atomic E-state index is 9.15. The highest BCUT2D eigenvalue weighted by Crippen LogP contribution is 2.30. The van der Waals surface area contributed by atoms with Crippen molar-refractivity contribution in [2.75, 3.05) is 11.9 Å². The number of hydrogen-bond donors (Lipinski definition) is 1. The molecule has 0 bridgehead atoms. The van der Waals surface area contributed by atoms with Crippen LogP contribution in [0, 0.1) is 30.1 Å². The molecular weight excluding hydrogens is 234 g/mol. The zero-order valence-corrected chi connectivity index (χ0v) is 11.9. The number of aryl methyl sites for hydroxylation is 1. The van der Waals surface area contributed by atoms with E-state index in [1.165, 1.54) is 32.1 Å². The summed E-state index contributed by atoms with van der Waals surface area (Å²) in [5, 5.41) is 12.5. The maximum absolute atomic E-state index is 9.15. The molecular formula is C16H23N3. The quantitative estimate of drug-likeness (QED) is 0.890. The Balaban J connectivity index is 1.86. The molecule has 0 spiro atoms. The summed E-state index contributed by atoms with van der Waals surface area (Å²) in [5.41, 5.74) is 1.67. The molecule has 0 aromatic carbocycles. The van der Waals surface area contributed by atoms with E-state index in [9.17, 15) is 0 Å². The molecule has 0 radical (unpaired) electrons. The molecule has 2 atom stereocenters. The van der Waals surface area contributed by atoms with Gasteiger partial charge in [-0.2, -0.15) is 5.26 Å². The topological polar surface area (TPSA) is 48.7 Å². The zero-order valence-electron chi connectivity index (χ0n) is 11.9. The summed E-state index contributed by atoms with van der Waals surface area (Å²) in [6, 6.07) is 4.12. The molecule has 1 N–H and O–H groups in total. The standard InChI is InChI=1S/C16H23N3/c1-12-4-3-5-14(10-12)7-9-19-16-15(11-17)13(2)6-8-18-16/h6,8,12,14H,3-5,7,9-10H2,1-2H3,(H,18,19). The van der Waals surface area contributed by atoms with Crippen LogP contribution in [0.2, 0.25) is 0 Å². The fraction of sp³-hybridized carbons (Fsp3) is 0.625. The molecule has 1 fully saturated rings. The lowest BCUT2D eigenvalue weighted by Gasteiger charge is -2.26. The summed E-state index contributed by atoms with van der Waals surface area (Å²) in [6.07, 6.45) is 8.43. The molecule has 1 aromatic rings. The molecule has 1 heterocycles. The van der Waals surface area contributed by atoms with E-state index in [4.69, 9.17) is 5.26 Å². The summed E-state index contributed by atoms with van der Waals surface area (Å²) >= 11 is 0. The van der Waals surface area contributed by atoms with Gasteiger partial charge < -0.3 is 5.32 Å². The van der Waals surface area contributed by atoms with Crippen LogP contribution in [0.15, 0.2) is 12.3 Å².